The van der Waals surface area contributed by atoms with Crippen molar-refractivity contribution in [3.8, 4) is 0 Å². The molecule has 162 valence electrons. The molecular formula is C23H26N4O3S. The van der Waals surface area contributed by atoms with Gasteiger partial charge in [-0.05, 0) is 42.5 Å². The zero-order valence-corrected chi connectivity index (χ0v) is 18.5. The largest absolute Gasteiger partial charge is 0.465 e. The van der Waals surface area contributed by atoms with E-state index in [9.17, 15) is 4.79 Å². The first-order valence-corrected chi connectivity index (χ1v) is 11.6. The maximum Gasteiger partial charge on any atom is 0.337 e. The number of ether oxygens (including phenoxy) is 2. The summed E-state index contributed by atoms with van der Waals surface area (Å²) in [6, 6.07) is 7.49. The average Bonchev–Trinajstić information content (AvgIpc) is 3.39. The summed E-state index contributed by atoms with van der Waals surface area (Å²) in [6.07, 6.45) is 3.45. The average molecular weight is 439 g/mol. The molecule has 1 saturated heterocycles. The molecule has 2 aromatic heterocycles. The van der Waals surface area contributed by atoms with Crippen LogP contribution in [0.4, 0.5) is 5.82 Å². The Hall–Kier alpha value is -2.55. The van der Waals surface area contributed by atoms with Gasteiger partial charge in [0, 0.05) is 24.5 Å². The van der Waals surface area contributed by atoms with E-state index in [1.54, 1.807) is 12.1 Å². The van der Waals surface area contributed by atoms with Gasteiger partial charge in [-0.1, -0.05) is 12.1 Å². The molecule has 0 bridgehead atoms. The van der Waals surface area contributed by atoms with E-state index in [-0.39, 0.29) is 5.97 Å². The van der Waals surface area contributed by atoms with Crippen molar-refractivity contribution in [1.82, 2.24) is 14.9 Å². The van der Waals surface area contributed by atoms with Crippen molar-refractivity contribution >= 4 is 33.3 Å². The highest BCUT2D eigenvalue weighted by Crippen LogP contribution is 2.39. The van der Waals surface area contributed by atoms with E-state index in [0.29, 0.717) is 12.1 Å². The Labute approximate surface area is 185 Å². The van der Waals surface area contributed by atoms with Crippen molar-refractivity contribution in [2.24, 2.45) is 0 Å². The SMILES string of the molecule is COC(=O)c1ccc(CNc2nc(CN3CCOCC3)nc3sc4c(c23)CCC4)cc1. The van der Waals surface area contributed by atoms with Crippen molar-refractivity contribution in [2.75, 3.05) is 38.7 Å². The molecule has 0 amide bonds. The first kappa shape index (κ1) is 20.4. The van der Waals surface area contributed by atoms with Crippen LogP contribution in [-0.4, -0.2) is 54.3 Å². The first-order chi connectivity index (χ1) is 15.2. The zero-order chi connectivity index (χ0) is 21.2. The predicted octanol–water partition coefficient (Wildman–Crippen LogP) is 3.41. The van der Waals surface area contributed by atoms with E-state index in [1.807, 2.05) is 23.5 Å². The monoisotopic (exact) mass is 438 g/mol. The van der Waals surface area contributed by atoms with Gasteiger partial charge < -0.3 is 14.8 Å². The molecule has 1 N–H and O–H groups in total. The zero-order valence-electron chi connectivity index (χ0n) is 17.6. The van der Waals surface area contributed by atoms with Gasteiger partial charge >= 0.3 is 5.97 Å². The van der Waals surface area contributed by atoms with Crippen LogP contribution in [0.25, 0.3) is 10.2 Å². The summed E-state index contributed by atoms with van der Waals surface area (Å²) >= 11 is 1.82. The maximum absolute atomic E-state index is 11.7. The molecule has 0 atom stereocenters. The number of benzene rings is 1. The summed E-state index contributed by atoms with van der Waals surface area (Å²) < 4.78 is 10.2. The van der Waals surface area contributed by atoms with Gasteiger partial charge in [-0.3, -0.25) is 4.90 Å². The van der Waals surface area contributed by atoms with E-state index in [4.69, 9.17) is 19.4 Å². The molecule has 0 spiro atoms. The highest BCUT2D eigenvalue weighted by Gasteiger charge is 2.23. The number of esters is 1. The van der Waals surface area contributed by atoms with E-state index in [1.165, 1.54) is 29.4 Å². The number of aryl methyl sites for hydroxylation is 2. The number of fused-ring (bicyclic) bond motifs is 3. The Kier molecular flexibility index (Phi) is 5.85. The minimum Gasteiger partial charge on any atom is -0.465 e. The van der Waals surface area contributed by atoms with Gasteiger partial charge in [0.15, 0.2) is 0 Å². The van der Waals surface area contributed by atoms with Crippen molar-refractivity contribution in [2.45, 2.75) is 32.4 Å². The first-order valence-electron chi connectivity index (χ1n) is 10.7. The van der Waals surface area contributed by atoms with Gasteiger partial charge in [0.2, 0.25) is 0 Å². The van der Waals surface area contributed by atoms with Crippen molar-refractivity contribution in [3.05, 3.63) is 51.7 Å². The van der Waals surface area contributed by atoms with Gasteiger partial charge in [-0.2, -0.15) is 0 Å². The van der Waals surface area contributed by atoms with Crippen LogP contribution in [-0.2, 0) is 35.4 Å². The molecular weight excluding hydrogens is 412 g/mol. The number of morpholine rings is 1. The number of hydrogen-bond acceptors (Lipinski definition) is 8. The van der Waals surface area contributed by atoms with Crippen LogP contribution >= 0.6 is 11.3 Å². The van der Waals surface area contributed by atoms with E-state index >= 15 is 0 Å². The van der Waals surface area contributed by atoms with E-state index < -0.39 is 0 Å². The van der Waals surface area contributed by atoms with Crippen LogP contribution in [0.3, 0.4) is 0 Å². The molecule has 0 unspecified atom stereocenters. The van der Waals surface area contributed by atoms with Crippen LogP contribution in [0.1, 0.15) is 38.6 Å². The molecule has 0 saturated carbocycles. The summed E-state index contributed by atoms with van der Waals surface area (Å²) in [5, 5.41) is 4.75. The fourth-order valence-corrected chi connectivity index (χ4v) is 5.54. The highest BCUT2D eigenvalue weighted by atomic mass is 32.1. The summed E-state index contributed by atoms with van der Waals surface area (Å²) in [4.78, 5) is 26.4. The minimum atomic E-state index is -0.321. The quantitative estimate of drug-likeness (QED) is 0.591. The second-order valence-corrected chi connectivity index (χ2v) is 9.04. The third kappa shape index (κ3) is 4.28. The molecule has 1 fully saturated rings. The van der Waals surface area contributed by atoms with Crippen molar-refractivity contribution in [1.29, 1.82) is 0 Å². The Morgan fingerprint density at radius 2 is 2.00 bits per heavy atom. The van der Waals surface area contributed by atoms with Gasteiger partial charge in [-0.15, -0.1) is 11.3 Å². The van der Waals surface area contributed by atoms with Crippen molar-refractivity contribution in [3.63, 3.8) is 0 Å². The van der Waals surface area contributed by atoms with Gasteiger partial charge in [0.1, 0.15) is 16.5 Å². The second kappa shape index (κ2) is 8.90. The number of carbonyl (C=O) groups excluding carboxylic acids is 1. The molecule has 1 aromatic carbocycles. The summed E-state index contributed by atoms with van der Waals surface area (Å²) in [7, 11) is 1.39. The number of rotatable bonds is 6. The Balaban J connectivity index is 1.41. The lowest BCUT2D eigenvalue weighted by molar-refractivity contribution is 0.0331. The fourth-order valence-electron chi connectivity index (χ4n) is 4.26. The number of methoxy groups -OCH3 is 1. The number of anilines is 1. The van der Waals surface area contributed by atoms with Crippen molar-refractivity contribution < 1.29 is 14.3 Å². The minimum absolute atomic E-state index is 0.321. The summed E-state index contributed by atoms with van der Waals surface area (Å²) in [5.41, 5.74) is 3.06. The van der Waals surface area contributed by atoms with Gasteiger partial charge in [0.05, 0.1) is 37.8 Å². The Morgan fingerprint density at radius 3 is 2.77 bits per heavy atom. The standard InChI is InChI=1S/C23H26N4O3S/c1-29-23(28)16-7-5-15(6-8-16)13-24-21-20-17-3-2-4-18(17)31-22(20)26-19(25-21)14-27-9-11-30-12-10-27/h5-8H,2-4,9-14H2,1H3,(H,24,25,26). The molecule has 0 radical (unpaired) electrons. The smallest absolute Gasteiger partial charge is 0.337 e. The Morgan fingerprint density at radius 1 is 1.19 bits per heavy atom. The molecule has 2 aliphatic rings. The number of aromatic nitrogens is 2. The van der Waals surface area contributed by atoms with Crippen LogP contribution in [0.5, 0.6) is 0 Å². The summed E-state index contributed by atoms with van der Waals surface area (Å²) in [6.45, 7) is 4.74. The molecule has 1 aliphatic carbocycles. The van der Waals surface area contributed by atoms with Crippen LogP contribution < -0.4 is 5.32 Å². The number of hydrogen-bond donors (Lipinski definition) is 1. The third-order valence-corrected chi connectivity index (χ3v) is 7.10. The van der Waals surface area contributed by atoms with Crippen LogP contribution in [0.15, 0.2) is 24.3 Å². The van der Waals surface area contributed by atoms with Crippen LogP contribution in [0, 0.1) is 0 Å². The molecule has 7 nitrogen and oxygen atoms in total. The van der Waals surface area contributed by atoms with E-state index in [0.717, 1.165) is 67.7 Å². The highest BCUT2D eigenvalue weighted by molar-refractivity contribution is 7.19. The maximum atomic E-state index is 11.7. The number of thiophene rings is 1. The van der Waals surface area contributed by atoms with Gasteiger partial charge in [-0.25, -0.2) is 14.8 Å². The predicted molar refractivity (Wildman–Crippen MR) is 121 cm³/mol. The third-order valence-electron chi connectivity index (χ3n) is 5.91. The lowest BCUT2D eigenvalue weighted by Gasteiger charge is -2.25. The topological polar surface area (TPSA) is 76.6 Å². The Bertz CT molecular complexity index is 1090. The number of nitrogens with zero attached hydrogens (tertiary/aromatic N) is 3. The fraction of sp³-hybridized carbons (Fsp3) is 0.435. The van der Waals surface area contributed by atoms with E-state index in [2.05, 4.69) is 10.2 Å². The molecule has 3 heterocycles. The number of nitrogens with one attached hydrogen (secondary N) is 1. The molecule has 8 heteroatoms. The molecule has 31 heavy (non-hydrogen) atoms. The molecule has 1 aliphatic heterocycles. The lowest BCUT2D eigenvalue weighted by atomic mass is 10.1. The van der Waals surface area contributed by atoms with Crippen LogP contribution in [0.2, 0.25) is 0 Å². The normalized spacial score (nSPS) is 16.4. The molecule has 3 aromatic rings. The summed E-state index contributed by atoms with van der Waals surface area (Å²) in [5.74, 6) is 1.46. The second-order valence-electron chi connectivity index (χ2n) is 7.96. The number of carbonyl (C=O) groups is 1. The van der Waals surface area contributed by atoms with Gasteiger partial charge in [0.25, 0.3) is 0 Å². The lowest BCUT2D eigenvalue weighted by Crippen LogP contribution is -2.36. The molecule has 5 rings (SSSR count).